The summed E-state index contributed by atoms with van der Waals surface area (Å²) in [6.45, 7) is 4.91. The minimum absolute atomic E-state index is 0.0183. The number of carbonyl (C=O) groups is 2. The molecular formula is C36H43IN4O2. The van der Waals surface area contributed by atoms with E-state index in [1.165, 1.54) is 29.5 Å². The standard InChI is InChI=1S/C36H43IN4O2/c37-25-29-15-13-28(14-16-29)17-18-35(42)38-26-32-19-24-41(36(43)34(39-32)20-23-40-21-7-8-22-40)27-33(30-9-3-1-4-10-30)31-11-5-2-6-12-31/h1-6,9-18,32-34,39H,7-8,19-27H2,(H,38,42)/b18-17+/t32-,34-/m0/s1. The average Bonchev–Trinajstić information content (AvgIpc) is 3.53. The molecule has 0 spiro atoms. The summed E-state index contributed by atoms with van der Waals surface area (Å²) in [5, 5.41) is 6.74. The molecule has 0 aliphatic carbocycles. The van der Waals surface area contributed by atoms with E-state index in [1.54, 1.807) is 6.08 Å². The van der Waals surface area contributed by atoms with Crippen LogP contribution in [0.25, 0.3) is 6.08 Å². The molecule has 0 unspecified atom stereocenters. The number of benzene rings is 3. The fourth-order valence-electron chi connectivity index (χ4n) is 6.12. The second-order valence-corrected chi connectivity index (χ2v) is 12.4. The second kappa shape index (κ2) is 16.2. The minimum Gasteiger partial charge on any atom is -0.351 e. The van der Waals surface area contributed by atoms with Crippen LogP contribution in [0.4, 0.5) is 0 Å². The monoisotopic (exact) mass is 690 g/mol. The van der Waals surface area contributed by atoms with Crippen molar-refractivity contribution in [2.75, 3.05) is 39.3 Å². The van der Waals surface area contributed by atoms with Gasteiger partial charge in [-0.2, -0.15) is 0 Å². The first-order chi connectivity index (χ1) is 21.1. The van der Waals surface area contributed by atoms with Crippen molar-refractivity contribution in [3.05, 3.63) is 113 Å². The average molecular weight is 691 g/mol. The molecule has 2 aliphatic heterocycles. The molecule has 6 nitrogen and oxygen atoms in total. The van der Waals surface area contributed by atoms with E-state index in [0.29, 0.717) is 19.6 Å². The highest BCUT2D eigenvalue weighted by atomic mass is 127. The van der Waals surface area contributed by atoms with Crippen molar-refractivity contribution in [1.29, 1.82) is 0 Å². The highest BCUT2D eigenvalue weighted by Gasteiger charge is 2.33. The molecule has 2 heterocycles. The summed E-state index contributed by atoms with van der Waals surface area (Å²) in [6.07, 6.45) is 7.47. The van der Waals surface area contributed by atoms with Crippen molar-refractivity contribution < 1.29 is 9.59 Å². The number of halogens is 1. The number of alkyl halides is 1. The van der Waals surface area contributed by atoms with Gasteiger partial charge in [-0.3, -0.25) is 9.59 Å². The van der Waals surface area contributed by atoms with E-state index < -0.39 is 0 Å². The Morgan fingerprint density at radius 3 is 2.21 bits per heavy atom. The van der Waals surface area contributed by atoms with E-state index in [1.807, 2.05) is 30.3 Å². The van der Waals surface area contributed by atoms with Crippen molar-refractivity contribution >= 4 is 40.5 Å². The number of hydrogen-bond donors (Lipinski definition) is 2. The Morgan fingerprint density at radius 1 is 0.930 bits per heavy atom. The number of likely N-dealkylation sites (tertiary alicyclic amines) is 1. The number of nitrogens with zero attached hydrogens (tertiary/aromatic N) is 2. The van der Waals surface area contributed by atoms with Crippen LogP contribution >= 0.6 is 22.6 Å². The van der Waals surface area contributed by atoms with Crippen LogP contribution in [0.5, 0.6) is 0 Å². The minimum atomic E-state index is -0.274. The van der Waals surface area contributed by atoms with Gasteiger partial charge in [-0.05, 0) is 67.1 Å². The first-order valence-electron chi connectivity index (χ1n) is 15.6. The SMILES string of the molecule is O=C(/C=C/c1ccc(CI)cc1)NC[C@@H]1CCN(CC(c2ccccc2)c2ccccc2)C(=O)[C@H](CCN2CCCC2)N1. The molecular weight excluding hydrogens is 647 g/mol. The lowest BCUT2D eigenvalue weighted by Crippen LogP contribution is -2.50. The third kappa shape index (κ3) is 9.24. The molecule has 2 saturated heterocycles. The van der Waals surface area contributed by atoms with Gasteiger partial charge < -0.3 is 20.4 Å². The Labute approximate surface area is 270 Å². The maximum absolute atomic E-state index is 14.1. The van der Waals surface area contributed by atoms with Crippen molar-refractivity contribution in [2.45, 2.75) is 48.1 Å². The first-order valence-corrected chi connectivity index (χ1v) is 17.1. The molecule has 2 aliphatic rings. The predicted octanol–water partition coefficient (Wildman–Crippen LogP) is 5.63. The third-order valence-corrected chi connectivity index (χ3v) is 9.50. The van der Waals surface area contributed by atoms with Gasteiger partial charge in [0.05, 0.1) is 6.04 Å². The Balaban J connectivity index is 1.26. The zero-order valence-corrected chi connectivity index (χ0v) is 27.0. The Morgan fingerprint density at radius 2 is 1.58 bits per heavy atom. The fourth-order valence-corrected chi connectivity index (χ4v) is 6.62. The smallest absolute Gasteiger partial charge is 0.244 e. The van der Waals surface area contributed by atoms with Crippen molar-refractivity contribution in [3.63, 3.8) is 0 Å². The number of carbonyl (C=O) groups excluding carboxylic acids is 2. The molecule has 2 amide bonds. The molecule has 7 heteroatoms. The van der Waals surface area contributed by atoms with Gasteiger partial charge in [0.2, 0.25) is 11.8 Å². The van der Waals surface area contributed by atoms with Crippen molar-refractivity contribution in [2.24, 2.45) is 0 Å². The van der Waals surface area contributed by atoms with E-state index in [9.17, 15) is 9.59 Å². The normalized spacial score (nSPS) is 19.7. The second-order valence-electron chi connectivity index (χ2n) is 11.7. The quantitative estimate of drug-likeness (QED) is 0.147. The Kier molecular flexibility index (Phi) is 11.8. The van der Waals surface area contributed by atoms with Crippen LogP contribution in [0, 0.1) is 0 Å². The lowest BCUT2D eigenvalue weighted by atomic mass is 9.90. The van der Waals surface area contributed by atoms with Crippen LogP contribution < -0.4 is 10.6 Å². The summed E-state index contributed by atoms with van der Waals surface area (Å²) in [6, 6.07) is 29.0. The van der Waals surface area contributed by atoms with Crippen LogP contribution in [0.3, 0.4) is 0 Å². The van der Waals surface area contributed by atoms with Crippen LogP contribution in [0.1, 0.15) is 53.9 Å². The van der Waals surface area contributed by atoms with Crippen LogP contribution in [-0.2, 0) is 14.0 Å². The van der Waals surface area contributed by atoms with E-state index in [-0.39, 0.29) is 29.8 Å². The largest absolute Gasteiger partial charge is 0.351 e. The molecule has 43 heavy (non-hydrogen) atoms. The maximum atomic E-state index is 14.1. The lowest BCUT2D eigenvalue weighted by Gasteiger charge is -2.30. The molecule has 5 rings (SSSR count). The van der Waals surface area contributed by atoms with Crippen molar-refractivity contribution in [3.8, 4) is 0 Å². The molecule has 3 aromatic rings. The predicted molar refractivity (Wildman–Crippen MR) is 183 cm³/mol. The van der Waals surface area contributed by atoms with Crippen LogP contribution in [0.15, 0.2) is 91.0 Å². The van der Waals surface area contributed by atoms with Gasteiger partial charge in [0.15, 0.2) is 0 Å². The lowest BCUT2D eigenvalue weighted by molar-refractivity contribution is -0.133. The maximum Gasteiger partial charge on any atom is 0.244 e. The Hall–Kier alpha value is -3.01. The molecule has 0 aromatic heterocycles. The van der Waals surface area contributed by atoms with Gasteiger partial charge in [0.25, 0.3) is 0 Å². The molecule has 2 atom stereocenters. The van der Waals surface area contributed by atoms with E-state index in [4.69, 9.17) is 0 Å². The molecule has 2 N–H and O–H groups in total. The molecule has 0 radical (unpaired) electrons. The first kappa shape index (κ1) is 31.4. The van der Waals surface area contributed by atoms with Gasteiger partial charge in [0, 0.05) is 48.6 Å². The molecule has 3 aromatic carbocycles. The summed E-state index contributed by atoms with van der Waals surface area (Å²) in [5.41, 5.74) is 4.70. The van der Waals surface area contributed by atoms with Gasteiger partial charge >= 0.3 is 0 Å². The summed E-state index contributed by atoms with van der Waals surface area (Å²) in [7, 11) is 0. The van der Waals surface area contributed by atoms with Gasteiger partial charge in [-0.15, -0.1) is 0 Å². The summed E-state index contributed by atoms with van der Waals surface area (Å²) in [4.78, 5) is 31.3. The van der Waals surface area contributed by atoms with Gasteiger partial charge in [0.1, 0.15) is 0 Å². The highest BCUT2D eigenvalue weighted by Crippen LogP contribution is 2.27. The van der Waals surface area contributed by atoms with Crippen LogP contribution in [0.2, 0.25) is 0 Å². The number of rotatable bonds is 12. The summed E-state index contributed by atoms with van der Waals surface area (Å²) in [5.74, 6) is 0.145. The molecule has 0 bridgehead atoms. The van der Waals surface area contributed by atoms with E-state index in [0.717, 1.165) is 42.5 Å². The topological polar surface area (TPSA) is 64.7 Å². The van der Waals surface area contributed by atoms with Gasteiger partial charge in [-0.1, -0.05) is 108 Å². The number of amides is 2. The number of nitrogens with one attached hydrogen (secondary N) is 2. The molecule has 226 valence electrons. The van der Waals surface area contributed by atoms with Gasteiger partial charge in [-0.25, -0.2) is 0 Å². The Bertz CT molecular complexity index is 1290. The summed E-state index contributed by atoms with van der Waals surface area (Å²) >= 11 is 2.35. The van der Waals surface area contributed by atoms with E-state index in [2.05, 4.69) is 104 Å². The van der Waals surface area contributed by atoms with E-state index >= 15 is 0 Å². The zero-order chi connectivity index (χ0) is 29.9. The van der Waals surface area contributed by atoms with Crippen molar-refractivity contribution in [1.82, 2.24) is 20.4 Å². The number of hydrogen-bond acceptors (Lipinski definition) is 4. The highest BCUT2D eigenvalue weighted by molar-refractivity contribution is 14.1. The van der Waals surface area contributed by atoms with Crippen LogP contribution in [-0.4, -0.2) is 73.0 Å². The fraction of sp³-hybridized carbons (Fsp3) is 0.389. The zero-order valence-electron chi connectivity index (χ0n) is 24.8. The molecule has 0 saturated carbocycles. The molecule has 2 fully saturated rings. The summed E-state index contributed by atoms with van der Waals surface area (Å²) < 4.78 is 0.967. The third-order valence-electron chi connectivity index (χ3n) is 8.62.